The summed E-state index contributed by atoms with van der Waals surface area (Å²) in [6.07, 6.45) is 2.11. The van der Waals surface area contributed by atoms with E-state index in [0.717, 1.165) is 0 Å². The van der Waals surface area contributed by atoms with Crippen LogP contribution in [0.4, 0.5) is 0 Å². The maximum Gasteiger partial charge on any atom is 0.102 e. The largest absolute Gasteiger partial charge is 0.342 e. The Bertz CT molecular complexity index is 320. The Balaban J connectivity index is 2.95. The Morgan fingerprint density at radius 2 is 2.30 bits per heavy atom. The van der Waals surface area contributed by atoms with Crippen LogP contribution in [-0.2, 0) is 7.05 Å². The minimum absolute atomic E-state index is 1.37. The van der Waals surface area contributed by atoms with Crippen LogP contribution in [0.25, 0.3) is 10.2 Å². The lowest BCUT2D eigenvalue weighted by Crippen LogP contribution is -1.78. The molecule has 0 saturated heterocycles. The first-order valence-corrected chi connectivity index (χ1v) is 4.16. The fraction of sp³-hybridized carbons (Fsp3) is 0.250. The first-order valence-electron chi connectivity index (χ1n) is 3.28. The molecule has 0 bridgehead atoms. The Morgan fingerprint density at radius 3 is 3.00 bits per heavy atom. The standard InChI is InChI=1S/C8H9NS/c1-6-5-10-8-7(6)3-4-9(8)2/h3-5H,1-2H3. The van der Waals surface area contributed by atoms with Crippen molar-refractivity contribution in [3.8, 4) is 0 Å². The molecule has 0 aromatic carbocycles. The molecular formula is C8H9NS. The van der Waals surface area contributed by atoms with Crippen LogP contribution in [0.15, 0.2) is 17.6 Å². The number of nitrogens with zero attached hydrogens (tertiary/aromatic N) is 1. The number of aryl methyl sites for hydroxylation is 2. The lowest BCUT2D eigenvalue weighted by atomic mass is 10.3. The Labute approximate surface area is 63.9 Å². The molecule has 10 heavy (non-hydrogen) atoms. The van der Waals surface area contributed by atoms with E-state index in [-0.39, 0.29) is 0 Å². The maximum atomic E-state index is 2.20. The average molecular weight is 151 g/mol. The molecule has 0 unspecified atom stereocenters. The number of rotatable bonds is 0. The summed E-state index contributed by atoms with van der Waals surface area (Å²) in [6.45, 7) is 2.15. The molecule has 0 spiro atoms. The maximum absolute atomic E-state index is 2.20. The lowest BCUT2D eigenvalue weighted by Gasteiger charge is -1.86. The summed E-state index contributed by atoms with van der Waals surface area (Å²) >= 11 is 1.81. The molecule has 0 N–H and O–H groups in total. The number of aromatic nitrogens is 1. The molecule has 2 heteroatoms. The fourth-order valence-electron chi connectivity index (χ4n) is 1.17. The van der Waals surface area contributed by atoms with Gasteiger partial charge in [0.05, 0.1) is 0 Å². The molecule has 2 heterocycles. The number of hydrogen-bond acceptors (Lipinski definition) is 1. The van der Waals surface area contributed by atoms with Gasteiger partial charge in [-0.1, -0.05) is 0 Å². The number of thiophene rings is 1. The van der Waals surface area contributed by atoms with Gasteiger partial charge in [-0.2, -0.15) is 0 Å². The quantitative estimate of drug-likeness (QED) is 0.545. The van der Waals surface area contributed by atoms with Gasteiger partial charge in [0.15, 0.2) is 0 Å². The normalized spacial score (nSPS) is 11.0. The molecule has 0 fully saturated rings. The molecular weight excluding hydrogens is 142 g/mol. The SMILES string of the molecule is Cc1csc2c1ccn2C. The molecule has 0 aliphatic heterocycles. The summed E-state index contributed by atoms with van der Waals surface area (Å²) in [6, 6.07) is 2.17. The van der Waals surface area contributed by atoms with Crippen molar-refractivity contribution < 1.29 is 0 Å². The molecule has 0 aliphatic rings. The topological polar surface area (TPSA) is 4.93 Å². The van der Waals surface area contributed by atoms with Crippen molar-refractivity contribution in [1.29, 1.82) is 0 Å². The van der Waals surface area contributed by atoms with E-state index in [0.29, 0.717) is 0 Å². The third kappa shape index (κ3) is 0.625. The van der Waals surface area contributed by atoms with Crippen LogP contribution < -0.4 is 0 Å². The lowest BCUT2D eigenvalue weighted by molar-refractivity contribution is 0.978. The van der Waals surface area contributed by atoms with E-state index in [4.69, 9.17) is 0 Å². The van der Waals surface area contributed by atoms with Crippen LogP contribution in [0.5, 0.6) is 0 Å². The van der Waals surface area contributed by atoms with Gasteiger partial charge in [-0.15, -0.1) is 11.3 Å². The predicted octanol–water partition coefficient (Wildman–Crippen LogP) is 2.55. The Kier molecular flexibility index (Phi) is 1.11. The summed E-state index contributed by atoms with van der Waals surface area (Å²) < 4.78 is 2.16. The minimum Gasteiger partial charge on any atom is -0.342 e. The highest BCUT2D eigenvalue weighted by Crippen LogP contribution is 2.25. The van der Waals surface area contributed by atoms with Gasteiger partial charge in [0, 0.05) is 18.6 Å². The van der Waals surface area contributed by atoms with E-state index in [9.17, 15) is 0 Å². The van der Waals surface area contributed by atoms with Crippen molar-refractivity contribution in [3.05, 3.63) is 23.2 Å². The summed E-state index contributed by atoms with van der Waals surface area (Å²) in [5.74, 6) is 0. The molecule has 0 amide bonds. The Morgan fingerprint density at radius 1 is 1.50 bits per heavy atom. The van der Waals surface area contributed by atoms with E-state index in [1.165, 1.54) is 15.8 Å². The molecule has 2 aromatic rings. The zero-order valence-corrected chi connectivity index (χ0v) is 6.90. The van der Waals surface area contributed by atoms with E-state index < -0.39 is 0 Å². The zero-order chi connectivity index (χ0) is 7.14. The molecule has 2 aromatic heterocycles. The van der Waals surface area contributed by atoms with E-state index in [2.05, 4.69) is 36.2 Å². The first kappa shape index (κ1) is 5.98. The highest BCUT2D eigenvalue weighted by molar-refractivity contribution is 7.17. The third-order valence-electron chi connectivity index (χ3n) is 1.79. The van der Waals surface area contributed by atoms with Crippen molar-refractivity contribution in [2.75, 3.05) is 0 Å². The molecule has 0 saturated carbocycles. The van der Waals surface area contributed by atoms with Crippen molar-refractivity contribution in [1.82, 2.24) is 4.57 Å². The van der Waals surface area contributed by atoms with Crippen LogP contribution in [-0.4, -0.2) is 4.57 Å². The van der Waals surface area contributed by atoms with Gasteiger partial charge in [0.1, 0.15) is 4.83 Å². The van der Waals surface area contributed by atoms with Gasteiger partial charge in [-0.05, 0) is 23.9 Å². The van der Waals surface area contributed by atoms with Crippen molar-refractivity contribution in [3.63, 3.8) is 0 Å². The van der Waals surface area contributed by atoms with Crippen LogP contribution in [0.2, 0.25) is 0 Å². The molecule has 52 valence electrons. The molecule has 1 nitrogen and oxygen atoms in total. The van der Waals surface area contributed by atoms with E-state index >= 15 is 0 Å². The average Bonchev–Trinajstić information content (AvgIpc) is 2.41. The van der Waals surface area contributed by atoms with Crippen molar-refractivity contribution in [2.24, 2.45) is 7.05 Å². The number of hydrogen-bond donors (Lipinski definition) is 0. The smallest absolute Gasteiger partial charge is 0.102 e. The van der Waals surface area contributed by atoms with Crippen LogP contribution in [0.3, 0.4) is 0 Å². The van der Waals surface area contributed by atoms with Crippen LogP contribution in [0.1, 0.15) is 5.56 Å². The van der Waals surface area contributed by atoms with Gasteiger partial charge in [-0.3, -0.25) is 0 Å². The fourth-order valence-corrected chi connectivity index (χ4v) is 2.17. The molecule has 0 aliphatic carbocycles. The van der Waals surface area contributed by atoms with Gasteiger partial charge in [0.25, 0.3) is 0 Å². The Hall–Kier alpha value is -0.760. The zero-order valence-electron chi connectivity index (χ0n) is 6.09. The van der Waals surface area contributed by atoms with E-state index in [1.807, 2.05) is 11.3 Å². The van der Waals surface area contributed by atoms with Crippen LogP contribution >= 0.6 is 11.3 Å². The van der Waals surface area contributed by atoms with Crippen LogP contribution in [0, 0.1) is 6.92 Å². The van der Waals surface area contributed by atoms with Crippen molar-refractivity contribution >= 4 is 21.6 Å². The summed E-state index contributed by atoms with van der Waals surface area (Å²) in [4.78, 5) is 1.37. The highest BCUT2D eigenvalue weighted by Gasteiger charge is 2.00. The minimum atomic E-state index is 1.37. The summed E-state index contributed by atoms with van der Waals surface area (Å²) in [5, 5.41) is 3.59. The van der Waals surface area contributed by atoms with Gasteiger partial charge >= 0.3 is 0 Å². The molecule has 0 atom stereocenters. The summed E-state index contributed by atoms with van der Waals surface area (Å²) in [5.41, 5.74) is 1.39. The second kappa shape index (κ2) is 1.86. The summed E-state index contributed by atoms with van der Waals surface area (Å²) in [7, 11) is 2.08. The second-order valence-electron chi connectivity index (χ2n) is 2.56. The number of fused-ring (bicyclic) bond motifs is 1. The molecule has 2 rings (SSSR count). The second-order valence-corrected chi connectivity index (χ2v) is 3.42. The predicted molar refractivity (Wildman–Crippen MR) is 45.5 cm³/mol. The van der Waals surface area contributed by atoms with E-state index in [1.54, 1.807) is 0 Å². The first-order chi connectivity index (χ1) is 4.79. The molecule has 0 radical (unpaired) electrons. The monoisotopic (exact) mass is 151 g/mol. The third-order valence-corrected chi connectivity index (χ3v) is 2.99. The van der Waals surface area contributed by atoms with Crippen molar-refractivity contribution in [2.45, 2.75) is 6.92 Å². The van der Waals surface area contributed by atoms with Gasteiger partial charge in [0.2, 0.25) is 0 Å². The van der Waals surface area contributed by atoms with Gasteiger partial charge in [-0.25, -0.2) is 0 Å². The van der Waals surface area contributed by atoms with Gasteiger partial charge < -0.3 is 4.57 Å². The highest BCUT2D eigenvalue weighted by atomic mass is 32.1.